The smallest absolute Gasteiger partial charge is 0.413 e. The van der Waals surface area contributed by atoms with Crippen LogP contribution >= 0.6 is 11.3 Å². The molecule has 5 nitrogen and oxygen atoms in total. The standard InChI is InChI=1S/C12H15NO4S/c1-8(2)10(14)16-6-5-13-12(15)17-11-9(3)4-7-18-11/h4,7H,1,5-6H2,2-3H3,(H,13,15). The Balaban J connectivity index is 2.20. The minimum Gasteiger partial charge on any atom is -0.460 e. The summed E-state index contributed by atoms with van der Waals surface area (Å²) in [5.74, 6) is -0.473. The highest BCUT2D eigenvalue weighted by molar-refractivity contribution is 7.12. The molecular weight excluding hydrogens is 254 g/mol. The molecule has 0 aliphatic heterocycles. The van der Waals surface area contributed by atoms with E-state index in [4.69, 9.17) is 9.47 Å². The van der Waals surface area contributed by atoms with Crippen molar-refractivity contribution in [2.45, 2.75) is 13.8 Å². The monoisotopic (exact) mass is 269 g/mol. The first kappa shape index (κ1) is 14.2. The van der Waals surface area contributed by atoms with Crippen LogP contribution in [0, 0.1) is 6.92 Å². The van der Waals surface area contributed by atoms with Crippen LogP contribution in [0.15, 0.2) is 23.6 Å². The summed E-state index contributed by atoms with van der Waals surface area (Å²) in [6, 6.07) is 1.86. The molecule has 0 spiro atoms. The number of thiophene rings is 1. The van der Waals surface area contributed by atoms with Gasteiger partial charge in [0.2, 0.25) is 0 Å². The number of carbonyl (C=O) groups is 2. The van der Waals surface area contributed by atoms with Crippen LogP contribution in [0.3, 0.4) is 0 Å². The number of carbonyl (C=O) groups excluding carboxylic acids is 2. The van der Waals surface area contributed by atoms with E-state index in [9.17, 15) is 9.59 Å². The molecule has 0 saturated carbocycles. The Bertz CT molecular complexity index is 453. The van der Waals surface area contributed by atoms with Crippen molar-refractivity contribution in [3.8, 4) is 5.06 Å². The van der Waals surface area contributed by atoms with Crippen molar-refractivity contribution in [3.05, 3.63) is 29.2 Å². The van der Waals surface area contributed by atoms with Crippen molar-refractivity contribution in [2.75, 3.05) is 13.2 Å². The highest BCUT2D eigenvalue weighted by Crippen LogP contribution is 2.24. The molecule has 0 unspecified atom stereocenters. The van der Waals surface area contributed by atoms with Gasteiger partial charge in [-0.25, -0.2) is 9.59 Å². The number of rotatable bonds is 5. The van der Waals surface area contributed by atoms with E-state index in [1.54, 1.807) is 6.92 Å². The van der Waals surface area contributed by atoms with Gasteiger partial charge in [0.25, 0.3) is 0 Å². The van der Waals surface area contributed by atoms with Crippen molar-refractivity contribution < 1.29 is 19.1 Å². The van der Waals surface area contributed by atoms with Gasteiger partial charge >= 0.3 is 12.1 Å². The quantitative estimate of drug-likeness (QED) is 0.506. The van der Waals surface area contributed by atoms with Crippen LogP contribution in [0.5, 0.6) is 5.06 Å². The van der Waals surface area contributed by atoms with E-state index in [0.717, 1.165) is 5.56 Å². The van der Waals surface area contributed by atoms with Crippen LogP contribution in [-0.4, -0.2) is 25.2 Å². The lowest BCUT2D eigenvalue weighted by Gasteiger charge is -2.06. The molecule has 0 fully saturated rings. The van der Waals surface area contributed by atoms with E-state index in [1.165, 1.54) is 11.3 Å². The third-order valence-electron chi connectivity index (χ3n) is 1.95. The third kappa shape index (κ3) is 4.58. The fourth-order valence-corrected chi connectivity index (χ4v) is 1.78. The molecule has 0 aromatic carbocycles. The van der Waals surface area contributed by atoms with E-state index in [0.29, 0.717) is 10.6 Å². The van der Waals surface area contributed by atoms with Gasteiger partial charge in [-0.05, 0) is 25.3 Å². The summed E-state index contributed by atoms with van der Waals surface area (Å²) in [5.41, 5.74) is 1.23. The van der Waals surface area contributed by atoms with E-state index in [1.807, 2.05) is 18.4 Å². The first-order valence-electron chi connectivity index (χ1n) is 5.33. The molecule has 1 N–H and O–H groups in total. The van der Waals surface area contributed by atoms with Crippen LogP contribution in [0.2, 0.25) is 0 Å². The van der Waals surface area contributed by atoms with Gasteiger partial charge in [-0.1, -0.05) is 6.58 Å². The zero-order chi connectivity index (χ0) is 13.5. The first-order chi connectivity index (χ1) is 8.50. The first-order valence-corrected chi connectivity index (χ1v) is 6.21. The summed E-state index contributed by atoms with van der Waals surface area (Å²) in [6.45, 7) is 7.14. The van der Waals surface area contributed by atoms with Crippen molar-refractivity contribution in [1.29, 1.82) is 0 Å². The van der Waals surface area contributed by atoms with Gasteiger partial charge in [0, 0.05) is 11.1 Å². The molecule has 0 aliphatic rings. The average Bonchev–Trinajstić information content (AvgIpc) is 2.70. The van der Waals surface area contributed by atoms with Gasteiger partial charge in [-0.2, -0.15) is 0 Å². The molecule has 6 heteroatoms. The second-order valence-electron chi connectivity index (χ2n) is 3.62. The van der Waals surface area contributed by atoms with Gasteiger partial charge in [0.15, 0.2) is 5.06 Å². The number of ether oxygens (including phenoxy) is 2. The minimum absolute atomic E-state index is 0.0875. The third-order valence-corrected chi connectivity index (χ3v) is 2.85. The van der Waals surface area contributed by atoms with Gasteiger partial charge in [0.05, 0.1) is 6.54 Å². The zero-order valence-corrected chi connectivity index (χ0v) is 11.1. The summed E-state index contributed by atoms with van der Waals surface area (Å²) >= 11 is 1.35. The van der Waals surface area contributed by atoms with Crippen LogP contribution in [0.25, 0.3) is 0 Å². The van der Waals surface area contributed by atoms with E-state index in [-0.39, 0.29) is 13.2 Å². The Labute approximate surface area is 109 Å². The van der Waals surface area contributed by atoms with Crippen LogP contribution in [0.1, 0.15) is 12.5 Å². The molecule has 1 aromatic rings. The zero-order valence-electron chi connectivity index (χ0n) is 10.3. The summed E-state index contributed by atoms with van der Waals surface area (Å²) in [4.78, 5) is 22.4. The highest BCUT2D eigenvalue weighted by Gasteiger charge is 2.08. The van der Waals surface area contributed by atoms with E-state index in [2.05, 4.69) is 11.9 Å². The maximum absolute atomic E-state index is 11.4. The molecule has 1 amide bonds. The fourth-order valence-electron chi connectivity index (χ4n) is 1.00. The Kier molecular flexibility index (Phi) is 5.38. The number of aryl methyl sites for hydroxylation is 1. The second-order valence-corrected chi connectivity index (χ2v) is 4.50. The maximum atomic E-state index is 11.4. The number of nitrogens with one attached hydrogen (secondary N) is 1. The predicted molar refractivity (Wildman–Crippen MR) is 68.9 cm³/mol. The molecule has 0 radical (unpaired) electrons. The molecule has 0 atom stereocenters. The summed E-state index contributed by atoms with van der Waals surface area (Å²) in [7, 11) is 0. The molecule has 1 heterocycles. The molecule has 1 rings (SSSR count). The van der Waals surface area contributed by atoms with Gasteiger partial charge in [0.1, 0.15) is 6.61 Å². The van der Waals surface area contributed by atoms with Crippen molar-refractivity contribution >= 4 is 23.4 Å². The Morgan fingerprint density at radius 3 is 2.78 bits per heavy atom. The molecule has 0 saturated heterocycles. The van der Waals surface area contributed by atoms with Crippen LogP contribution < -0.4 is 10.1 Å². The lowest BCUT2D eigenvalue weighted by Crippen LogP contribution is -2.30. The number of esters is 1. The minimum atomic E-state index is -0.563. The maximum Gasteiger partial charge on any atom is 0.413 e. The molecule has 18 heavy (non-hydrogen) atoms. The van der Waals surface area contributed by atoms with Crippen LogP contribution in [0.4, 0.5) is 4.79 Å². The second kappa shape index (κ2) is 6.80. The van der Waals surface area contributed by atoms with Gasteiger partial charge in [-0.15, -0.1) is 11.3 Å². The number of hydrogen-bond acceptors (Lipinski definition) is 5. The van der Waals surface area contributed by atoms with Gasteiger partial charge < -0.3 is 14.8 Å². The van der Waals surface area contributed by atoms with Crippen LogP contribution in [-0.2, 0) is 9.53 Å². The molecule has 0 bridgehead atoms. The summed E-state index contributed by atoms with van der Waals surface area (Å²) in [5, 5.41) is 4.88. The van der Waals surface area contributed by atoms with Crippen molar-refractivity contribution in [3.63, 3.8) is 0 Å². The number of amides is 1. The summed E-state index contributed by atoms with van der Waals surface area (Å²) in [6.07, 6.45) is -0.563. The number of hydrogen-bond donors (Lipinski definition) is 1. The normalized spacial score (nSPS) is 9.67. The molecule has 98 valence electrons. The lowest BCUT2D eigenvalue weighted by molar-refractivity contribution is -0.138. The highest BCUT2D eigenvalue weighted by atomic mass is 32.1. The SMILES string of the molecule is C=C(C)C(=O)OCCNC(=O)Oc1sccc1C. The fraction of sp³-hybridized carbons (Fsp3) is 0.333. The van der Waals surface area contributed by atoms with E-state index < -0.39 is 12.1 Å². The lowest BCUT2D eigenvalue weighted by atomic mass is 10.4. The van der Waals surface area contributed by atoms with Crippen molar-refractivity contribution in [2.24, 2.45) is 0 Å². The summed E-state index contributed by atoms with van der Waals surface area (Å²) < 4.78 is 9.86. The Morgan fingerprint density at radius 2 is 2.22 bits per heavy atom. The predicted octanol–water partition coefficient (Wildman–Crippen LogP) is 2.26. The average molecular weight is 269 g/mol. The Morgan fingerprint density at radius 1 is 1.50 bits per heavy atom. The van der Waals surface area contributed by atoms with Gasteiger partial charge in [-0.3, -0.25) is 0 Å². The topological polar surface area (TPSA) is 64.6 Å². The molecule has 1 aromatic heterocycles. The molecular formula is C12H15NO4S. The largest absolute Gasteiger partial charge is 0.460 e. The Hall–Kier alpha value is -1.82. The van der Waals surface area contributed by atoms with Crippen molar-refractivity contribution in [1.82, 2.24) is 5.32 Å². The molecule has 0 aliphatic carbocycles. The van der Waals surface area contributed by atoms with E-state index >= 15 is 0 Å².